The van der Waals surface area contributed by atoms with Gasteiger partial charge in [0, 0.05) is 6.54 Å². The lowest BCUT2D eigenvalue weighted by atomic mass is 10.1. The molecule has 2 amide bonds. The maximum Gasteiger partial charge on any atom is 0.326 e. The Morgan fingerprint density at radius 2 is 1.94 bits per heavy atom. The fourth-order valence-electron chi connectivity index (χ4n) is 1.11. The van der Waals surface area contributed by atoms with Crippen molar-refractivity contribution in [2.45, 2.75) is 26.3 Å². The molecule has 1 atom stereocenters. The lowest BCUT2D eigenvalue weighted by Crippen LogP contribution is -2.49. The summed E-state index contributed by atoms with van der Waals surface area (Å²) in [6, 6.07) is -1.66. The number of nitrogens with one attached hydrogen (secondary N) is 2. The maximum atomic E-state index is 11.7. The number of hydrogen-bond donors (Lipinski definition) is 3. The van der Waals surface area contributed by atoms with Crippen molar-refractivity contribution in [1.82, 2.24) is 10.6 Å². The van der Waals surface area contributed by atoms with E-state index in [9.17, 15) is 18.4 Å². The first kappa shape index (κ1) is 16.6. The average molecular weight is 268 g/mol. The Balaban J connectivity index is 3.79. The van der Waals surface area contributed by atoms with Gasteiger partial charge in [-0.3, -0.25) is 0 Å². The number of alkyl halides is 2. The summed E-state index contributed by atoms with van der Waals surface area (Å²) >= 11 is 0. The molecule has 6 nitrogen and oxygen atoms in total. The van der Waals surface area contributed by atoms with Crippen molar-refractivity contribution in [3.8, 4) is 0 Å². The zero-order valence-electron chi connectivity index (χ0n) is 10.3. The molecule has 0 saturated carbocycles. The summed E-state index contributed by atoms with van der Waals surface area (Å²) in [5, 5.41) is 13.4. The highest BCUT2D eigenvalue weighted by atomic mass is 19.3. The highest BCUT2D eigenvalue weighted by Gasteiger charge is 2.22. The Kier molecular flexibility index (Phi) is 7.93. The molecule has 0 aliphatic rings. The zero-order chi connectivity index (χ0) is 14.1. The fourth-order valence-corrected chi connectivity index (χ4v) is 1.11. The number of halogens is 2. The molecule has 0 aromatic rings. The monoisotopic (exact) mass is 268 g/mol. The molecular weight excluding hydrogens is 250 g/mol. The predicted molar refractivity (Wildman–Crippen MR) is 59.6 cm³/mol. The van der Waals surface area contributed by atoms with Crippen LogP contribution >= 0.6 is 0 Å². The number of aliphatic carboxylic acids is 1. The predicted octanol–water partition coefficient (Wildman–Crippen LogP) is 0.676. The SMILES string of the molecule is CC(C)C(NC(=O)NCCOCC(F)F)C(=O)O. The largest absolute Gasteiger partial charge is 0.480 e. The van der Waals surface area contributed by atoms with Crippen LogP contribution in [0.1, 0.15) is 13.8 Å². The second kappa shape index (κ2) is 8.62. The van der Waals surface area contributed by atoms with Crippen LogP contribution in [0.2, 0.25) is 0 Å². The lowest BCUT2D eigenvalue weighted by Gasteiger charge is -2.18. The number of carbonyl (C=O) groups excluding carboxylic acids is 1. The molecular formula is C10H18F2N2O4. The fraction of sp³-hybridized carbons (Fsp3) is 0.800. The summed E-state index contributed by atoms with van der Waals surface area (Å²) in [6.07, 6.45) is -2.55. The van der Waals surface area contributed by atoms with E-state index in [1.165, 1.54) is 0 Å². The lowest BCUT2D eigenvalue weighted by molar-refractivity contribution is -0.140. The minimum Gasteiger partial charge on any atom is -0.480 e. The van der Waals surface area contributed by atoms with Gasteiger partial charge in [-0.2, -0.15) is 0 Å². The van der Waals surface area contributed by atoms with Gasteiger partial charge in [0.2, 0.25) is 0 Å². The van der Waals surface area contributed by atoms with Crippen molar-refractivity contribution < 1.29 is 28.2 Å². The third-order valence-electron chi connectivity index (χ3n) is 2.00. The topological polar surface area (TPSA) is 87.7 Å². The third-order valence-corrected chi connectivity index (χ3v) is 2.00. The summed E-state index contributed by atoms with van der Waals surface area (Å²) in [5.41, 5.74) is 0. The van der Waals surface area contributed by atoms with E-state index in [1.807, 2.05) is 0 Å². The molecule has 1 unspecified atom stereocenters. The van der Waals surface area contributed by atoms with Crippen LogP contribution in [0, 0.1) is 5.92 Å². The second-order valence-corrected chi connectivity index (χ2v) is 3.93. The van der Waals surface area contributed by atoms with E-state index in [2.05, 4.69) is 15.4 Å². The summed E-state index contributed by atoms with van der Waals surface area (Å²) in [5.74, 6) is -1.39. The Morgan fingerprint density at radius 1 is 1.33 bits per heavy atom. The molecule has 0 saturated heterocycles. The number of urea groups is 1. The molecule has 0 heterocycles. The smallest absolute Gasteiger partial charge is 0.326 e. The van der Waals surface area contributed by atoms with Crippen molar-refractivity contribution >= 4 is 12.0 Å². The molecule has 0 spiro atoms. The van der Waals surface area contributed by atoms with Crippen molar-refractivity contribution in [2.75, 3.05) is 19.8 Å². The number of carbonyl (C=O) groups is 2. The van der Waals surface area contributed by atoms with Crippen LogP contribution in [-0.4, -0.2) is 49.3 Å². The highest BCUT2D eigenvalue weighted by molar-refractivity contribution is 5.82. The number of hydrogen-bond acceptors (Lipinski definition) is 3. The molecule has 18 heavy (non-hydrogen) atoms. The van der Waals surface area contributed by atoms with E-state index < -0.39 is 31.1 Å². The Bertz CT molecular complexity index is 275. The zero-order valence-corrected chi connectivity index (χ0v) is 10.3. The number of rotatable bonds is 8. The third kappa shape index (κ3) is 7.77. The molecule has 0 fully saturated rings. The van der Waals surface area contributed by atoms with Crippen LogP contribution in [0.25, 0.3) is 0 Å². The molecule has 0 bridgehead atoms. The molecule has 0 rings (SSSR count). The molecule has 8 heteroatoms. The maximum absolute atomic E-state index is 11.7. The summed E-state index contributed by atoms with van der Waals surface area (Å²) < 4.78 is 27.9. The number of carboxylic acid groups (broad SMARTS) is 1. The highest BCUT2D eigenvalue weighted by Crippen LogP contribution is 2.01. The average Bonchev–Trinajstić information content (AvgIpc) is 2.24. The first-order chi connectivity index (χ1) is 8.34. The standard InChI is InChI=1S/C10H18F2N2O4/c1-6(2)8(9(15)16)14-10(17)13-3-4-18-5-7(11)12/h6-8H,3-5H2,1-2H3,(H,15,16)(H2,13,14,17). The van der Waals surface area contributed by atoms with E-state index in [1.54, 1.807) is 13.8 Å². The van der Waals surface area contributed by atoms with E-state index in [0.717, 1.165) is 0 Å². The number of ether oxygens (including phenoxy) is 1. The van der Waals surface area contributed by atoms with E-state index in [-0.39, 0.29) is 19.1 Å². The van der Waals surface area contributed by atoms with Crippen LogP contribution < -0.4 is 10.6 Å². The van der Waals surface area contributed by atoms with Crippen LogP contribution in [0.5, 0.6) is 0 Å². The van der Waals surface area contributed by atoms with Crippen molar-refractivity contribution in [1.29, 1.82) is 0 Å². The Morgan fingerprint density at radius 3 is 2.39 bits per heavy atom. The van der Waals surface area contributed by atoms with E-state index in [4.69, 9.17) is 5.11 Å². The van der Waals surface area contributed by atoms with Gasteiger partial charge in [0.1, 0.15) is 12.6 Å². The molecule has 0 aliphatic carbocycles. The number of amides is 2. The first-order valence-corrected chi connectivity index (χ1v) is 5.47. The quantitative estimate of drug-likeness (QED) is 0.565. The van der Waals surface area contributed by atoms with Crippen molar-refractivity contribution in [3.05, 3.63) is 0 Å². The first-order valence-electron chi connectivity index (χ1n) is 5.47. The van der Waals surface area contributed by atoms with Crippen LogP contribution in [0.3, 0.4) is 0 Å². The van der Waals surface area contributed by atoms with Gasteiger partial charge in [0.25, 0.3) is 6.43 Å². The molecule has 0 aromatic heterocycles. The minimum absolute atomic E-state index is 0.0307. The van der Waals surface area contributed by atoms with Gasteiger partial charge in [0.15, 0.2) is 0 Å². The molecule has 0 aliphatic heterocycles. The van der Waals surface area contributed by atoms with E-state index in [0.29, 0.717) is 0 Å². The van der Waals surface area contributed by atoms with Gasteiger partial charge in [-0.05, 0) is 5.92 Å². The van der Waals surface area contributed by atoms with Crippen LogP contribution in [0.15, 0.2) is 0 Å². The van der Waals surface area contributed by atoms with Gasteiger partial charge in [0.05, 0.1) is 6.61 Å². The molecule has 0 aromatic carbocycles. The van der Waals surface area contributed by atoms with Gasteiger partial charge >= 0.3 is 12.0 Å². The van der Waals surface area contributed by atoms with Crippen molar-refractivity contribution in [2.24, 2.45) is 5.92 Å². The molecule has 106 valence electrons. The second-order valence-electron chi connectivity index (χ2n) is 3.93. The van der Waals surface area contributed by atoms with Gasteiger partial charge in [-0.15, -0.1) is 0 Å². The minimum atomic E-state index is -2.55. The van der Waals surface area contributed by atoms with Gasteiger partial charge in [-0.1, -0.05) is 13.8 Å². The van der Waals surface area contributed by atoms with Crippen molar-refractivity contribution in [3.63, 3.8) is 0 Å². The Hall–Kier alpha value is -1.44. The van der Waals surface area contributed by atoms with Crippen LogP contribution in [-0.2, 0) is 9.53 Å². The summed E-state index contributed by atoms with van der Waals surface area (Å²) in [6.45, 7) is 2.60. The van der Waals surface area contributed by atoms with Crippen LogP contribution in [0.4, 0.5) is 13.6 Å². The van der Waals surface area contributed by atoms with Gasteiger partial charge < -0.3 is 20.5 Å². The molecule has 3 N–H and O–H groups in total. The van der Waals surface area contributed by atoms with E-state index >= 15 is 0 Å². The summed E-state index contributed by atoms with van der Waals surface area (Å²) in [7, 11) is 0. The van der Waals surface area contributed by atoms with Gasteiger partial charge in [-0.25, -0.2) is 18.4 Å². The molecule has 0 radical (unpaired) electrons. The summed E-state index contributed by atoms with van der Waals surface area (Å²) in [4.78, 5) is 22.0. The normalized spacial score (nSPS) is 12.6. The number of carboxylic acids is 1. The Labute approximate surface area is 104 Å².